The molecule has 0 aromatic carbocycles. The molecule has 0 aromatic rings. The molecule has 92 valence electrons. The molecule has 0 rings (SSSR count). The maximum Gasteiger partial charge on any atom is 0.259 e. The third kappa shape index (κ3) is 5.82. The minimum absolute atomic E-state index is 0.458. The quantitative estimate of drug-likeness (QED) is 0.597. The van der Waals surface area contributed by atoms with Gasteiger partial charge in [0, 0.05) is 12.1 Å². The van der Waals surface area contributed by atoms with Gasteiger partial charge in [0.05, 0.1) is 13.2 Å². The van der Waals surface area contributed by atoms with E-state index in [1.54, 1.807) is 0 Å². The first-order valence-electron chi connectivity index (χ1n) is 5.88. The third-order valence-corrected chi connectivity index (χ3v) is 4.08. The summed E-state index contributed by atoms with van der Waals surface area (Å²) in [4.78, 5) is 0. The highest BCUT2D eigenvalue weighted by Gasteiger charge is 2.26. The zero-order valence-electron chi connectivity index (χ0n) is 11.0. The monoisotopic (exact) mass is 235 g/mol. The van der Waals surface area contributed by atoms with Gasteiger partial charge in [-0.15, -0.1) is 0 Å². The van der Waals surface area contributed by atoms with Crippen LogP contribution < -0.4 is 0 Å². The van der Waals surface area contributed by atoms with Gasteiger partial charge in [0.1, 0.15) is 0 Å². The van der Waals surface area contributed by atoms with Gasteiger partial charge in [-0.1, -0.05) is 6.92 Å². The lowest BCUT2D eigenvalue weighted by Crippen LogP contribution is -2.33. The van der Waals surface area contributed by atoms with Crippen LogP contribution in [0.15, 0.2) is 0 Å². The molecule has 15 heavy (non-hydrogen) atoms. The summed E-state index contributed by atoms with van der Waals surface area (Å²) >= 11 is 0. The molecule has 0 saturated heterocycles. The molecule has 0 N–H and O–H groups in total. The Hall–Kier alpha value is 0.310. The van der Waals surface area contributed by atoms with Crippen molar-refractivity contribution in [3.8, 4) is 0 Å². The molecular formula is C11H26NO2P. The van der Waals surface area contributed by atoms with E-state index in [1.165, 1.54) is 0 Å². The van der Waals surface area contributed by atoms with Gasteiger partial charge >= 0.3 is 0 Å². The molecule has 0 fully saturated rings. The fourth-order valence-electron chi connectivity index (χ4n) is 1.42. The Morgan fingerprint density at radius 2 is 1.53 bits per heavy atom. The Balaban J connectivity index is 4.37. The maximum atomic E-state index is 5.78. The summed E-state index contributed by atoms with van der Waals surface area (Å²) in [5, 5.41) is 0. The molecule has 0 saturated carbocycles. The lowest BCUT2D eigenvalue weighted by molar-refractivity contribution is 0.179. The lowest BCUT2D eigenvalue weighted by atomic mass is 10.3. The van der Waals surface area contributed by atoms with Crippen LogP contribution in [-0.4, -0.2) is 30.0 Å². The van der Waals surface area contributed by atoms with Crippen LogP contribution in [0.3, 0.4) is 0 Å². The van der Waals surface area contributed by atoms with Crippen LogP contribution in [0, 0.1) is 0 Å². The minimum Gasteiger partial charge on any atom is -0.322 e. The fraction of sp³-hybridized carbons (Fsp3) is 1.00. The molecule has 1 atom stereocenters. The Bertz CT molecular complexity index is 146. The molecule has 0 spiro atoms. The van der Waals surface area contributed by atoms with Gasteiger partial charge in [0.25, 0.3) is 8.53 Å². The Labute approximate surface area is 96.1 Å². The standard InChI is InChI=1S/C11H26NO2P/c1-7-9-14-15(13-8-2)12(10(3)4)11(5)6/h10-11H,7-9H2,1-6H3. The minimum atomic E-state index is -0.876. The van der Waals surface area contributed by atoms with Crippen LogP contribution in [-0.2, 0) is 9.05 Å². The molecule has 0 aliphatic heterocycles. The van der Waals surface area contributed by atoms with E-state index in [0.717, 1.165) is 13.0 Å². The van der Waals surface area contributed by atoms with E-state index in [1.807, 2.05) is 6.92 Å². The van der Waals surface area contributed by atoms with Crippen molar-refractivity contribution in [3.05, 3.63) is 0 Å². The molecule has 0 aliphatic carbocycles. The summed E-state index contributed by atoms with van der Waals surface area (Å²) in [6.45, 7) is 14.4. The highest BCUT2D eigenvalue weighted by molar-refractivity contribution is 7.44. The van der Waals surface area contributed by atoms with Crippen LogP contribution in [0.5, 0.6) is 0 Å². The van der Waals surface area contributed by atoms with Crippen molar-refractivity contribution in [1.29, 1.82) is 0 Å². The molecule has 0 amide bonds. The molecule has 0 aromatic heterocycles. The Morgan fingerprint density at radius 1 is 1.00 bits per heavy atom. The Morgan fingerprint density at radius 3 is 1.87 bits per heavy atom. The maximum absolute atomic E-state index is 5.78. The van der Waals surface area contributed by atoms with E-state index < -0.39 is 8.53 Å². The number of nitrogens with zero attached hydrogens (tertiary/aromatic N) is 1. The van der Waals surface area contributed by atoms with Gasteiger partial charge in [-0.05, 0) is 41.0 Å². The van der Waals surface area contributed by atoms with Gasteiger partial charge < -0.3 is 9.05 Å². The molecule has 1 unspecified atom stereocenters. The number of hydrogen-bond donors (Lipinski definition) is 0. The zero-order chi connectivity index (χ0) is 11.8. The normalized spacial score (nSPS) is 14.2. The van der Waals surface area contributed by atoms with Crippen molar-refractivity contribution in [2.24, 2.45) is 0 Å². The first-order chi connectivity index (χ1) is 7.04. The summed E-state index contributed by atoms with van der Waals surface area (Å²) < 4.78 is 13.8. The average molecular weight is 235 g/mol. The second-order valence-corrected chi connectivity index (χ2v) is 5.51. The van der Waals surface area contributed by atoms with Crippen LogP contribution in [0.1, 0.15) is 48.0 Å². The second-order valence-electron chi connectivity index (χ2n) is 4.06. The summed E-state index contributed by atoms with van der Waals surface area (Å²) in [6.07, 6.45) is 1.04. The first kappa shape index (κ1) is 15.3. The van der Waals surface area contributed by atoms with Crippen molar-refractivity contribution >= 4 is 8.53 Å². The summed E-state index contributed by atoms with van der Waals surface area (Å²) in [5.41, 5.74) is 0. The predicted octanol–water partition coefficient (Wildman–Crippen LogP) is 3.80. The van der Waals surface area contributed by atoms with E-state index in [4.69, 9.17) is 9.05 Å². The van der Waals surface area contributed by atoms with Gasteiger partial charge in [-0.25, -0.2) is 4.67 Å². The van der Waals surface area contributed by atoms with E-state index >= 15 is 0 Å². The van der Waals surface area contributed by atoms with Crippen LogP contribution in [0.25, 0.3) is 0 Å². The summed E-state index contributed by atoms with van der Waals surface area (Å²) in [6, 6.07) is 0.916. The molecule has 0 radical (unpaired) electrons. The average Bonchev–Trinajstić information content (AvgIpc) is 2.13. The van der Waals surface area contributed by atoms with Gasteiger partial charge in [-0.3, -0.25) is 0 Å². The fourth-order valence-corrected chi connectivity index (χ4v) is 3.08. The van der Waals surface area contributed by atoms with Crippen LogP contribution >= 0.6 is 8.53 Å². The number of rotatable bonds is 8. The van der Waals surface area contributed by atoms with E-state index in [2.05, 4.69) is 39.3 Å². The summed E-state index contributed by atoms with van der Waals surface area (Å²) in [7, 11) is -0.876. The van der Waals surface area contributed by atoms with Crippen LogP contribution in [0.4, 0.5) is 0 Å². The second kappa shape index (κ2) is 8.46. The van der Waals surface area contributed by atoms with Gasteiger partial charge in [0.15, 0.2) is 0 Å². The van der Waals surface area contributed by atoms with Crippen molar-refractivity contribution in [1.82, 2.24) is 4.67 Å². The van der Waals surface area contributed by atoms with Crippen molar-refractivity contribution in [2.45, 2.75) is 60.0 Å². The van der Waals surface area contributed by atoms with Gasteiger partial charge in [-0.2, -0.15) is 0 Å². The van der Waals surface area contributed by atoms with Crippen molar-refractivity contribution in [2.75, 3.05) is 13.2 Å². The van der Waals surface area contributed by atoms with Crippen molar-refractivity contribution < 1.29 is 9.05 Å². The molecule has 0 aliphatic rings. The van der Waals surface area contributed by atoms with Gasteiger partial charge in [0.2, 0.25) is 0 Å². The summed E-state index contributed by atoms with van der Waals surface area (Å²) in [5.74, 6) is 0. The Kier molecular flexibility index (Phi) is 8.64. The molecular weight excluding hydrogens is 209 g/mol. The van der Waals surface area contributed by atoms with E-state index in [0.29, 0.717) is 18.7 Å². The molecule has 4 heteroatoms. The molecule has 0 bridgehead atoms. The lowest BCUT2D eigenvalue weighted by Gasteiger charge is -2.35. The van der Waals surface area contributed by atoms with E-state index in [9.17, 15) is 0 Å². The highest BCUT2D eigenvalue weighted by Crippen LogP contribution is 2.45. The molecule has 3 nitrogen and oxygen atoms in total. The van der Waals surface area contributed by atoms with Crippen molar-refractivity contribution in [3.63, 3.8) is 0 Å². The SMILES string of the molecule is CCCOP(OCC)N(C(C)C)C(C)C. The zero-order valence-corrected chi connectivity index (χ0v) is 11.9. The number of hydrogen-bond acceptors (Lipinski definition) is 3. The topological polar surface area (TPSA) is 21.7 Å². The van der Waals surface area contributed by atoms with E-state index in [-0.39, 0.29) is 0 Å². The van der Waals surface area contributed by atoms with Crippen LogP contribution in [0.2, 0.25) is 0 Å². The smallest absolute Gasteiger partial charge is 0.259 e. The predicted molar refractivity (Wildman–Crippen MR) is 66.9 cm³/mol. The largest absolute Gasteiger partial charge is 0.322 e. The highest BCUT2D eigenvalue weighted by atomic mass is 31.2. The third-order valence-electron chi connectivity index (χ3n) is 1.89. The molecule has 0 heterocycles. The first-order valence-corrected chi connectivity index (χ1v) is 7.01.